The Labute approximate surface area is 106 Å². The van der Waals surface area contributed by atoms with Crippen molar-refractivity contribution < 1.29 is 9.45 Å². The van der Waals surface area contributed by atoms with Gasteiger partial charge in [0.25, 0.3) is 0 Å². The smallest absolute Gasteiger partial charge is 0.311 e. The van der Waals surface area contributed by atoms with E-state index in [0.717, 1.165) is 0 Å². The van der Waals surface area contributed by atoms with Crippen molar-refractivity contribution in [2.75, 3.05) is 11.9 Å². The van der Waals surface area contributed by atoms with E-state index in [1.54, 1.807) is 0 Å². The zero-order valence-corrected chi connectivity index (χ0v) is 9.79. The van der Waals surface area contributed by atoms with E-state index in [2.05, 4.69) is 25.0 Å². The summed E-state index contributed by atoms with van der Waals surface area (Å²) in [5.41, 5.74) is -0.132. The number of anilines is 1. The van der Waals surface area contributed by atoms with Crippen LogP contribution in [0.3, 0.4) is 0 Å². The third-order valence-electron chi connectivity index (χ3n) is 2.08. The van der Waals surface area contributed by atoms with Crippen molar-refractivity contribution in [2.45, 2.75) is 6.42 Å². The van der Waals surface area contributed by atoms with Crippen molar-refractivity contribution in [1.82, 2.24) is 15.1 Å². The molecule has 2 heterocycles. The highest BCUT2D eigenvalue weighted by molar-refractivity contribution is 6.29. The lowest BCUT2D eigenvalue weighted by molar-refractivity contribution is -0.384. The first-order chi connectivity index (χ1) is 8.66. The van der Waals surface area contributed by atoms with Crippen molar-refractivity contribution in [3.05, 3.63) is 39.6 Å². The van der Waals surface area contributed by atoms with Gasteiger partial charge in [-0.3, -0.25) is 10.1 Å². The monoisotopic (exact) mass is 269 g/mol. The molecule has 0 amide bonds. The summed E-state index contributed by atoms with van der Waals surface area (Å²) in [7, 11) is 0. The van der Waals surface area contributed by atoms with E-state index in [-0.39, 0.29) is 16.7 Å². The summed E-state index contributed by atoms with van der Waals surface area (Å²) in [6, 6.07) is 2.66. The van der Waals surface area contributed by atoms with Gasteiger partial charge < -0.3 is 9.84 Å². The van der Waals surface area contributed by atoms with E-state index in [9.17, 15) is 10.1 Å². The highest BCUT2D eigenvalue weighted by Crippen LogP contribution is 2.23. The summed E-state index contributed by atoms with van der Waals surface area (Å²) in [5.74, 6) is 0.628. The van der Waals surface area contributed by atoms with Gasteiger partial charge >= 0.3 is 5.69 Å². The SMILES string of the molecule is O=[N+]([O-])c1ccc(Cl)nc1NCCc1ncon1. The second kappa shape index (κ2) is 5.41. The molecule has 0 atom stereocenters. The molecule has 0 saturated carbocycles. The molecule has 0 bridgehead atoms. The first kappa shape index (κ1) is 12.2. The summed E-state index contributed by atoms with van der Waals surface area (Å²) in [5, 5.41) is 17.4. The zero-order valence-electron chi connectivity index (χ0n) is 9.04. The van der Waals surface area contributed by atoms with Gasteiger partial charge in [0.15, 0.2) is 5.82 Å². The maximum absolute atomic E-state index is 10.8. The molecule has 0 aliphatic heterocycles. The molecule has 18 heavy (non-hydrogen) atoms. The average molecular weight is 270 g/mol. The van der Waals surface area contributed by atoms with Crippen LogP contribution in [0.5, 0.6) is 0 Å². The maximum Gasteiger partial charge on any atom is 0.311 e. The number of halogens is 1. The van der Waals surface area contributed by atoms with Crippen molar-refractivity contribution in [3.63, 3.8) is 0 Å². The first-order valence-corrected chi connectivity index (χ1v) is 5.34. The Morgan fingerprint density at radius 3 is 3.00 bits per heavy atom. The van der Waals surface area contributed by atoms with Crippen LogP contribution in [0, 0.1) is 10.1 Å². The topological polar surface area (TPSA) is 107 Å². The zero-order chi connectivity index (χ0) is 13.0. The molecule has 2 aromatic rings. The van der Waals surface area contributed by atoms with Gasteiger partial charge in [0, 0.05) is 19.0 Å². The highest BCUT2D eigenvalue weighted by Gasteiger charge is 2.15. The molecule has 0 fully saturated rings. The second-order valence-electron chi connectivity index (χ2n) is 3.28. The first-order valence-electron chi connectivity index (χ1n) is 4.97. The minimum absolute atomic E-state index is 0.121. The second-order valence-corrected chi connectivity index (χ2v) is 3.67. The maximum atomic E-state index is 10.8. The van der Waals surface area contributed by atoms with Gasteiger partial charge in [0.1, 0.15) is 5.15 Å². The fraction of sp³-hybridized carbons (Fsp3) is 0.222. The van der Waals surface area contributed by atoms with Crippen LogP contribution in [0.25, 0.3) is 0 Å². The molecule has 8 nitrogen and oxygen atoms in total. The summed E-state index contributed by atoms with van der Waals surface area (Å²) in [4.78, 5) is 17.9. The largest absolute Gasteiger partial charge is 0.364 e. The third-order valence-corrected chi connectivity index (χ3v) is 2.30. The lowest BCUT2D eigenvalue weighted by Crippen LogP contribution is -2.09. The fourth-order valence-corrected chi connectivity index (χ4v) is 1.45. The minimum atomic E-state index is -0.528. The molecule has 9 heteroatoms. The number of nitrogens with zero attached hydrogens (tertiary/aromatic N) is 4. The fourth-order valence-electron chi connectivity index (χ4n) is 1.30. The number of nitrogens with one attached hydrogen (secondary N) is 1. The molecule has 0 aromatic carbocycles. The van der Waals surface area contributed by atoms with Crippen LogP contribution in [0.1, 0.15) is 5.82 Å². The van der Waals surface area contributed by atoms with Crippen molar-refractivity contribution in [2.24, 2.45) is 0 Å². The number of pyridine rings is 1. The Balaban J connectivity index is 2.03. The standard InChI is InChI=1S/C9H8ClN5O3/c10-7-2-1-6(15(16)17)9(13-7)11-4-3-8-12-5-18-14-8/h1-2,5H,3-4H2,(H,11,13). The Hall–Kier alpha value is -2.22. The Bertz CT molecular complexity index is 545. The van der Waals surface area contributed by atoms with E-state index >= 15 is 0 Å². The van der Waals surface area contributed by atoms with Crippen molar-refractivity contribution in [3.8, 4) is 0 Å². The average Bonchev–Trinajstić information content (AvgIpc) is 2.82. The predicted octanol–water partition coefficient (Wildman–Crippen LogP) is 1.68. The van der Waals surface area contributed by atoms with Gasteiger partial charge in [0.2, 0.25) is 12.2 Å². The Kier molecular flexibility index (Phi) is 3.68. The van der Waals surface area contributed by atoms with E-state index < -0.39 is 4.92 Å². The predicted molar refractivity (Wildman–Crippen MR) is 62.4 cm³/mol. The van der Waals surface area contributed by atoms with Gasteiger partial charge in [-0.1, -0.05) is 16.8 Å². The lowest BCUT2D eigenvalue weighted by Gasteiger charge is -2.04. The number of hydrogen-bond acceptors (Lipinski definition) is 7. The summed E-state index contributed by atoms with van der Waals surface area (Å²) in [6.07, 6.45) is 1.68. The molecule has 0 radical (unpaired) electrons. The molecular weight excluding hydrogens is 262 g/mol. The van der Waals surface area contributed by atoms with Crippen LogP contribution < -0.4 is 5.32 Å². The summed E-state index contributed by atoms with van der Waals surface area (Å²) < 4.78 is 4.56. The molecule has 94 valence electrons. The van der Waals surface area contributed by atoms with Gasteiger partial charge in [-0.2, -0.15) is 4.98 Å². The third kappa shape index (κ3) is 2.92. The number of nitro groups is 1. The van der Waals surface area contributed by atoms with E-state index in [4.69, 9.17) is 11.6 Å². The molecule has 1 N–H and O–H groups in total. The molecule has 0 spiro atoms. The molecular formula is C9H8ClN5O3. The quantitative estimate of drug-likeness (QED) is 0.500. The summed E-state index contributed by atoms with van der Waals surface area (Å²) in [6.45, 7) is 0.383. The van der Waals surface area contributed by atoms with Crippen LogP contribution >= 0.6 is 11.6 Å². The van der Waals surface area contributed by atoms with E-state index in [1.165, 1.54) is 18.5 Å². The molecule has 2 rings (SSSR count). The van der Waals surface area contributed by atoms with Gasteiger partial charge in [-0.25, -0.2) is 4.98 Å². The van der Waals surface area contributed by atoms with Crippen LogP contribution in [0.15, 0.2) is 23.0 Å². The van der Waals surface area contributed by atoms with Crippen molar-refractivity contribution >= 4 is 23.1 Å². The highest BCUT2D eigenvalue weighted by atomic mass is 35.5. The Morgan fingerprint density at radius 1 is 1.50 bits per heavy atom. The summed E-state index contributed by atoms with van der Waals surface area (Å²) >= 11 is 5.69. The molecule has 0 saturated heterocycles. The van der Waals surface area contributed by atoms with Crippen LogP contribution in [0.2, 0.25) is 5.15 Å². The van der Waals surface area contributed by atoms with Crippen molar-refractivity contribution in [1.29, 1.82) is 0 Å². The molecule has 2 aromatic heterocycles. The van der Waals surface area contributed by atoms with Gasteiger partial charge in [-0.15, -0.1) is 0 Å². The molecule has 0 aliphatic carbocycles. The van der Waals surface area contributed by atoms with E-state index in [1.807, 2.05) is 0 Å². The number of hydrogen-bond donors (Lipinski definition) is 1. The lowest BCUT2D eigenvalue weighted by atomic mass is 10.3. The van der Waals surface area contributed by atoms with Crippen LogP contribution in [-0.4, -0.2) is 26.6 Å². The normalized spacial score (nSPS) is 10.3. The number of rotatable bonds is 5. The van der Waals surface area contributed by atoms with Gasteiger partial charge in [-0.05, 0) is 6.07 Å². The van der Waals surface area contributed by atoms with E-state index in [0.29, 0.717) is 18.8 Å². The Morgan fingerprint density at radius 2 is 2.33 bits per heavy atom. The number of aromatic nitrogens is 3. The van der Waals surface area contributed by atoms with Gasteiger partial charge in [0.05, 0.1) is 4.92 Å². The molecule has 0 unspecified atom stereocenters. The minimum Gasteiger partial charge on any atom is -0.364 e. The molecule has 0 aliphatic rings. The van der Waals surface area contributed by atoms with Crippen LogP contribution in [-0.2, 0) is 6.42 Å². The van der Waals surface area contributed by atoms with Crippen LogP contribution in [0.4, 0.5) is 11.5 Å².